The van der Waals surface area contributed by atoms with Gasteiger partial charge in [-0.1, -0.05) is 0 Å². The molecule has 3 heteroatoms. The molecule has 72 valence electrons. The third kappa shape index (κ3) is 1.91. The highest BCUT2D eigenvalue weighted by Crippen LogP contribution is 2.35. The highest BCUT2D eigenvalue weighted by Gasteiger charge is 2.24. The normalized spacial score (nSPS) is 16.5. The molecule has 1 aliphatic carbocycles. The Bertz CT molecular complexity index is 286. The van der Waals surface area contributed by atoms with E-state index in [-0.39, 0.29) is 0 Å². The van der Waals surface area contributed by atoms with Gasteiger partial charge in [0.25, 0.3) is 0 Å². The first-order chi connectivity index (χ1) is 6.31. The number of rotatable bonds is 4. The van der Waals surface area contributed by atoms with Gasteiger partial charge in [0.2, 0.25) is 0 Å². The molecular weight excluding hydrogens is 162 g/mol. The van der Waals surface area contributed by atoms with Gasteiger partial charge in [0, 0.05) is 12.2 Å². The summed E-state index contributed by atoms with van der Waals surface area (Å²) in [4.78, 5) is 4.52. The van der Waals surface area contributed by atoms with Crippen molar-refractivity contribution in [2.75, 3.05) is 6.54 Å². The van der Waals surface area contributed by atoms with Gasteiger partial charge in [0.05, 0.1) is 5.69 Å². The second kappa shape index (κ2) is 3.50. The average molecular weight is 179 g/mol. The molecule has 2 rings (SSSR count). The van der Waals surface area contributed by atoms with Gasteiger partial charge in [-0.3, -0.25) is 0 Å². The van der Waals surface area contributed by atoms with E-state index in [2.05, 4.69) is 22.7 Å². The maximum atomic E-state index is 5.46. The number of hydrogen-bond donors (Lipinski definition) is 1. The molecule has 0 radical (unpaired) electrons. The number of aryl methyl sites for hydroxylation is 2. The molecule has 0 amide bonds. The maximum absolute atomic E-state index is 5.46. The summed E-state index contributed by atoms with van der Waals surface area (Å²) < 4.78 is 2.31. The molecule has 0 spiro atoms. The highest BCUT2D eigenvalue weighted by molar-refractivity contribution is 5.07. The molecule has 1 aromatic rings. The Morgan fingerprint density at radius 1 is 1.62 bits per heavy atom. The van der Waals surface area contributed by atoms with Crippen molar-refractivity contribution >= 4 is 0 Å². The Morgan fingerprint density at radius 3 is 3.00 bits per heavy atom. The summed E-state index contributed by atoms with van der Waals surface area (Å²) in [5.41, 5.74) is 6.66. The van der Waals surface area contributed by atoms with Crippen LogP contribution >= 0.6 is 0 Å². The van der Waals surface area contributed by atoms with Crippen molar-refractivity contribution in [1.82, 2.24) is 9.55 Å². The summed E-state index contributed by atoms with van der Waals surface area (Å²) in [6, 6.07) is 0.749. The molecule has 1 heterocycles. The van der Waals surface area contributed by atoms with Crippen LogP contribution in [0, 0.1) is 6.92 Å². The van der Waals surface area contributed by atoms with E-state index in [0.29, 0.717) is 0 Å². The molecule has 0 aliphatic heterocycles. The van der Waals surface area contributed by atoms with Gasteiger partial charge in [-0.25, -0.2) is 4.98 Å². The van der Waals surface area contributed by atoms with Gasteiger partial charge in [0.1, 0.15) is 5.82 Å². The first-order valence-electron chi connectivity index (χ1n) is 5.05. The first-order valence-corrected chi connectivity index (χ1v) is 5.05. The van der Waals surface area contributed by atoms with E-state index in [4.69, 9.17) is 5.73 Å². The lowest BCUT2D eigenvalue weighted by Gasteiger charge is -1.98. The van der Waals surface area contributed by atoms with E-state index in [0.717, 1.165) is 31.3 Å². The van der Waals surface area contributed by atoms with E-state index in [1.807, 2.05) is 0 Å². The zero-order valence-corrected chi connectivity index (χ0v) is 8.16. The number of aromatic nitrogens is 2. The van der Waals surface area contributed by atoms with Crippen molar-refractivity contribution in [1.29, 1.82) is 0 Å². The zero-order chi connectivity index (χ0) is 9.26. The van der Waals surface area contributed by atoms with Gasteiger partial charge in [-0.15, -0.1) is 0 Å². The third-order valence-corrected chi connectivity index (χ3v) is 2.54. The molecule has 0 atom stereocenters. The topological polar surface area (TPSA) is 43.8 Å². The van der Waals surface area contributed by atoms with Gasteiger partial charge < -0.3 is 10.3 Å². The van der Waals surface area contributed by atoms with Crippen molar-refractivity contribution in [3.8, 4) is 0 Å². The summed E-state index contributed by atoms with van der Waals surface area (Å²) in [6.07, 6.45) is 6.92. The van der Waals surface area contributed by atoms with Gasteiger partial charge in [0.15, 0.2) is 0 Å². The van der Waals surface area contributed by atoms with Crippen LogP contribution in [0.1, 0.15) is 36.8 Å². The molecule has 13 heavy (non-hydrogen) atoms. The predicted molar refractivity (Wildman–Crippen MR) is 52.6 cm³/mol. The summed E-state index contributed by atoms with van der Waals surface area (Å²) >= 11 is 0. The summed E-state index contributed by atoms with van der Waals surface area (Å²) in [6.45, 7) is 2.85. The lowest BCUT2D eigenvalue weighted by atomic mass is 10.2. The van der Waals surface area contributed by atoms with E-state index >= 15 is 0 Å². The number of nitrogens with zero attached hydrogens (tertiary/aromatic N) is 2. The standard InChI is InChI=1S/C10H17N3/c1-8-12-9(3-2-6-11)7-13(8)10-4-5-10/h7,10H,2-6,11H2,1H3. The third-order valence-electron chi connectivity index (χ3n) is 2.54. The largest absolute Gasteiger partial charge is 0.332 e. The molecule has 3 nitrogen and oxygen atoms in total. The molecule has 2 N–H and O–H groups in total. The molecule has 1 fully saturated rings. The molecule has 0 aromatic carbocycles. The predicted octanol–water partition coefficient (Wildman–Crippen LogP) is 1.42. The molecule has 1 aromatic heterocycles. The minimum atomic E-state index is 0.749. The number of hydrogen-bond acceptors (Lipinski definition) is 2. The fourth-order valence-corrected chi connectivity index (χ4v) is 1.67. The quantitative estimate of drug-likeness (QED) is 0.759. The Labute approximate surface area is 79.0 Å². The minimum absolute atomic E-state index is 0.749. The SMILES string of the molecule is Cc1nc(CCCN)cn1C1CC1. The summed E-state index contributed by atoms with van der Waals surface area (Å²) in [7, 11) is 0. The Kier molecular flexibility index (Phi) is 2.36. The van der Waals surface area contributed by atoms with Crippen LogP contribution in [0.15, 0.2) is 6.20 Å². The Balaban J connectivity index is 2.05. The van der Waals surface area contributed by atoms with E-state index in [9.17, 15) is 0 Å². The molecule has 1 aliphatic rings. The number of imidazole rings is 1. The van der Waals surface area contributed by atoms with E-state index in [1.165, 1.54) is 18.5 Å². The fourth-order valence-electron chi connectivity index (χ4n) is 1.67. The Morgan fingerprint density at radius 2 is 2.38 bits per heavy atom. The molecular formula is C10H17N3. The molecule has 0 saturated heterocycles. The molecule has 0 unspecified atom stereocenters. The number of nitrogens with two attached hydrogens (primary N) is 1. The van der Waals surface area contributed by atoms with Crippen molar-refractivity contribution in [3.63, 3.8) is 0 Å². The van der Waals surface area contributed by atoms with E-state index < -0.39 is 0 Å². The van der Waals surface area contributed by atoms with Crippen LogP contribution < -0.4 is 5.73 Å². The van der Waals surface area contributed by atoms with Crippen LogP contribution in [0.2, 0.25) is 0 Å². The minimum Gasteiger partial charge on any atom is -0.332 e. The molecule has 0 bridgehead atoms. The van der Waals surface area contributed by atoms with Crippen molar-refractivity contribution in [2.24, 2.45) is 5.73 Å². The monoisotopic (exact) mass is 179 g/mol. The molecule has 1 saturated carbocycles. The van der Waals surface area contributed by atoms with Crippen LogP contribution in [-0.2, 0) is 6.42 Å². The zero-order valence-electron chi connectivity index (χ0n) is 8.16. The summed E-state index contributed by atoms with van der Waals surface area (Å²) in [5.74, 6) is 1.16. The maximum Gasteiger partial charge on any atom is 0.106 e. The van der Waals surface area contributed by atoms with Crippen molar-refractivity contribution in [3.05, 3.63) is 17.7 Å². The van der Waals surface area contributed by atoms with Crippen LogP contribution in [0.4, 0.5) is 0 Å². The second-order valence-corrected chi connectivity index (χ2v) is 3.81. The van der Waals surface area contributed by atoms with Gasteiger partial charge in [-0.05, 0) is 39.2 Å². The lowest BCUT2D eigenvalue weighted by Crippen LogP contribution is -2.00. The highest BCUT2D eigenvalue weighted by atomic mass is 15.1. The van der Waals surface area contributed by atoms with Crippen molar-refractivity contribution in [2.45, 2.75) is 38.6 Å². The Hall–Kier alpha value is -0.830. The fraction of sp³-hybridized carbons (Fsp3) is 0.700. The van der Waals surface area contributed by atoms with Crippen LogP contribution in [-0.4, -0.2) is 16.1 Å². The lowest BCUT2D eigenvalue weighted by molar-refractivity contribution is 0.710. The van der Waals surface area contributed by atoms with Crippen LogP contribution in [0.3, 0.4) is 0 Å². The van der Waals surface area contributed by atoms with Crippen LogP contribution in [0.5, 0.6) is 0 Å². The first kappa shape index (κ1) is 8.75. The van der Waals surface area contributed by atoms with Gasteiger partial charge >= 0.3 is 0 Å². The van der Waals surface area contributed by atoms with Gasteiger partial charge in [-0.2, -0.15) is 0 Å². The summed E-state index contributed by atoms with van der Waals surface area (Å²) in [5, 5.41) is 0. The van der Waals surface area contributed by atoms with Crippen molar-refractivity contribution < 1.29 is 0 Å². The average Bonchev–Trinajstić information content (AvgIpc) is 2.88. The smallest absolute Gasteiger partial charge is 0.106 e. The van der Waals surface area contributed by atoms with Crippen LogP contribution in [0.25, 0.3) is 0 Å². The second-order valence-electron chi connectivity index (χ2n) is 3.81. The van der Waals surface area contributed by atoms with E-state index in [1.54, 1.807) is 0 Å².